The van der Waals surface area contributed by atoms with Crippen molar-refractivity contribution in [2.75, 3.05) is 51.2 Å². The van der Waals surface area contributed by atoms with Gasteiger partial charge in [-0.3, -0.25) is 4.90 Å². The molecule has 4 aromatic rings. The summed E-state index contributed by atoms with van der Waals surface area (Å²) in [5, 5.41) is 0. The molecule has 6 rings (SSSR count). The zero-order chi connectivity index (χ0) is 28.0. The van der Waals surface area contributed by atoms with E-state index < -0.39 is 17.5 Å². The van der Waals surface area contributed by atoms with Gasteiger partial charge in [0.25, 0.3) is 0 Å². The fraction of sp³-hybridized carbons (Fsp3) is 0.400. The van der Waals surface area contributed by atoms with Crippen molar-refractivity contribution in [1.82, 2.24) is 29.7 Å². The Balaban J connectivity index is 1.35. The summed E-state index contributed by atoms with van der Waals surface area (Å²) >= 11 is 0. The number of piperazine rings is 1. The van der Waals surface area contributed by atoms with Gasteiger partial charge in [-0.05, 0) is 77.2 Å². The minimum Gasteiger partial charge on any atom is -0.369 e. The van der Waals surface area contributed by atoms with Crippen molar-refractivity contribution in [3.8, 4) is 22.6 Å². The van der Waals surface area contributed by atoms with Gasteiger partial charge in [0.1, 0.15) is 28.7 Å². The van der Waals surface area contributed by atoms with Crippen LogP contribution in [0.3, 0.4) is 0 Å². The van der Waals surface area contributed by atoms with Crippen LogP contribution < -0.4 is 4.90 Å². The number of fused-ring (bicyclic) bond motifs is 1. The normalized spacial score (nSPS) is 17.6. The van der Waals surface area contributed by atoms with Crippen LogP contribution in [0.2, 0.25) is 0 Å². The minimum absolute atomic E-state index is 0.0780. The summed E-state index contributed by atoms with van der Waals surface area (Å²) in [6.45, 7) is 9.30. The Morgan fingerprint density at radius 1 is 0.750 bits per heavy atom. The Morgan fingerprint density at radius 2 is 1.48 bits per heavy atom. The fourth-order valence-electron chi connectivity index (χ4n) is 5.70. The first-order chi connectivity index (χ1) is 19.2. The highest BCUT2D eigenvalue weighted by Crippen LogP contribution is 2.32. The molecule has 0 aliphatic carbocycles. The number of anilines is 1. The highest BCUT2D eigenvalue weighted by atomic mass is 19.1. The van der Waals surface area contributed by atoms with E-state index in [1.54, 1.807) is 6.92 Å². The van der Waals surface area contributed by atoms with Crippen LogP contribution >= 0.6 is 0 Å². The molecule has 0 bridgehead atoms. The van der Waals surface area contributed by atoms with E-state index in [0.717, 1.165) is 51.0 Å². The lowest BCUT2D eigenvalue weighted by molar-refractivity contribution is 0.115. The minimum atomic E-state index is -0.770. The number of nitrogens with zero attached hydrogens (tertiary/aromatic N) is 7. The molecule has 0 radical (unpaired) electrons. The molecule has 0 saturated carbocycles. The van der Waals surface area contributed by atoms with Crippen LogP contribution in [0, 0.1) is 31.3 Å². The third-order valence-electron chi connectivity index (χ3n) is 8.15. The second kappa shape index (κ2) is 10.7. The third-order valence-corrected chi connectivity index (χ3v) is 8.15. The van der Waals surface area contributed by atoms with Gasteiger partial charge in [-0.2, -0.15) is 0 Å². The number of aromatic nitrogens is 4. The lowest BCUT2D eigenvalue weighted by Gasteiger charge is -2.43. The van der Waals surface area contributed by atoms with Gasteiger partial charge < -0.3 is 9.80 Å². The second-order valence-corrected chi connectivity index (χ2v) is 10.8. The Kier molecular flexibility index (Phi) is 7.14. The van der Waals surface area contributed by atoms with Crippen molar-refractivity contribution in [3.63, 3.8) is 0 Å². The lowest BCUT2D eigenvalue weighted by Crippen LogP contribution is -2.53. The molecule has 0 unspecified atom stereocenters. The maximum Gasteiger partial charge on any atom is 0.182 e. The number of aryl methyl sites for hydroxylation is 2. The molecule has 208 valence electrons. The summed E-state index contributed by atoms with van der Waals surface area (Å²) < 4.78 is 43.6. The summed E-state index contributed by atoms with van der Waals surface area (Å²) in [5.41, 5.74) is 3.37. The first-order valence-electron chi connectivity index (χ1n) is 13.7. The molecule has 2 aromatic heterocycles. The van der Waals surface area contributed by atoms with Gasteiger partial charge >= 0.3 is 0 Å². The van der Waals surface area contributed by atoms with Crippen molar-refractivity contribution in [2.24, 2.45) is 0 Å². The van der Waals surface area contributed by atoms with E-state index in [4.69, 9.17) is 0 Å². The predicted octanol–water partition coefficient (Wildman–Crippen LogP) is 5.00. The topological polar surface area (TPSA) is 61.3 Å². The molecular weight excluding hydrogens is 515 g/mol. The van der Waals surface area contributed by atoms with Crippen LogP contribution in [0.4, 0.5) is 18.9 Å². The van der Waals surface area contributed by atoms with E-state index in [-0.39, 0.29) is 22.7 Å². The number of rotatable bonds is 4. The molecule has 2 fully saturated rings. The first-order valence-corrected chi connectivity index (χ1v) is 13.7. The van der Waals surface area contributed by atoms with E-state index in [9.17, 15) is 8.78 Å². The van der Waals surface area contributed by atoms with Gasteiger partial charge in [-0.25, -0.2) is 33.1 Å². The number of piperidine rings is 1. The van der Waals surface area contributed by atoms with Crippen molar-refractivity contribution >= 4 is 16.9 Å². The number of likely N-dealkylation sites (tertiary alicyclic amines) is 1. The molecule has 2 aliphatic heterocycles. The van der Waals surface area contributed by atoms with Crippen molar-refractivity contribution in [3.05, 3.63) is 65.2 Å². The Bertz CT molecular complexity index is 1560. The van der Waals surface area contributed by atoms with E-state index >= 15 is 4.39 Å². The Morgan fingerprint density at radius 3 is 2.20 bits per heavy atom. The Labute approximate surface area is 231 Å². The summed E-state index contributed by atoms with van der Waals surface area (Å²) in [7, 11) is 2.17. The van der Waals surface area contributed by atoms with Gasteiger partial charge in [-0.15, -0.1) is 0 Å². The number of halogens is 3. The molecule has 2 aliphatic rings. The molecule has 0 amide bonds. The molecule has 4 heterocycles. The van der Waals surface area contributed by atoms with Crippen LogP contribution in [0.25, 0.3) is 33.8 Å². The largest absolute Gasteiger partial charge is 0.369 e. The van der Waals surface area contributed by atoms with E-state index in [2.05, 4.69) is 41.7 Å². The molecule has 40 heavy (non-hydrogen) atoms. The zero-order valence-electron chi connectivity index (χ0n) is 23.0. The number of hydrogen-bond acceptors (Lipinski definition) is 7. The average Bonchev–Trinajstić information content (AvgIpc) is 2.94. The molecular formula is C30H32F3N7. The van der Waals surface area contributed by atoms with E-state index in [1.807, 2.05) is 13.0 Å². The summed E-state index contributed by atoms with van der Waals surface area (Å²) in [4.78, 5) is 25.5. The van der Waals surface area contributed by atoms with Gasteiger partial charge in [-0.1, -0.05) is 0 Å². The molecule has 2 aromatic carbocycles. The van der Waals surface area contributed by atoms with Crippen LogP contribution in [0.5, 0.6) is 0 Å². The van der Waals surface area contributed by atoms with Gasteiger partial charge in [0.2, 0.25) is 0 Å². The molecule has 10 heteroatoms. The van der Waals surface area contributed by atoms with Crippen molar-refractivity contribution in [1.29, 1.82) is 0 Å². The molecule has 0 spiro atoms. The SMILES string of the molecule is Cc1nc2nc(-c3cc(F)cc(N4CCN(C5CCN(C)CC5)CC4)c3)nc(-c3ccc(F)cc3F)c2nc1C. The first kappa shape index (κ1) is 26.6. The highest BCUT2D eigenvalue weighted by Gasteiger charge is 2.27. The predicted molar refractivity (Wildman–Crippen MR) is 150 cm³/mol. The fourth-order valence-corrected chi connectivity index (χ4v) is 5.70. The summed E-state index contributed by atoms with van der Waals surface area (Å²) in [5.74, 6) is -1.67. The van der Waals surface area contributed by atoms with Gasteiger partial charge in [0, 0.05) is 55.1 Å². The highest BCUT2D eigenvalue weighted by molar-refractivity contribution is 5.89. The van der Waals surface area contributed by atoms with Gasteiger partial charge in [0.05, 0.1) is 11.4 Å². The van der Waals surface area contributed by atoms with Crippen LogP contribution in [0.1, 0.15) is 24.2 Å². The standard InChI is InChI=1S/C30H32F3N7/c1-18-19(2)35-30-28(34-18)27(25-5-4-21(31)17-26(25)33)36-29(37-30)20-14-22(32)16-24(15-20)40-12-10-39(11-13-40)23-6-8-38(3)9-7-23/h4-5,14-17,23H,6-13H2,1-3H3. The maximum absolute atomic E-state index is 15.0. The zero-order valence-corrected chi connectivity index (χ0v) is 23.0. The number of benzene rings is 2. The van der Waals surface area contributed by atoms with Gasteiger partial charge in [0.15, 0.2) is 11.5 Å². The van der Waals surface area contributed by atoms with E-state index in [0.29, 0.717) is 28.5 Å². The third kappa shape index (κ3) is 5.25. The molecule has 0 N–H and O–H groups in total. The molecule has 2 saturated heterocycles. The summed E-state index contributed by atoms with van der Waals surface area (Å²) in [6.07, 6.45) is 2.36. The maximum atomic E-state index is 15.0. The number of hydrogen-bond donors (Lipinski definition) is 0. The molecule has 0 atom stereocenters. The monoisotopic (exact) mass is 547 g/mol. The summed E-state index contributed by atoms with van der Waals surface area (Å²) in [6, 6.07) is 8.69. The van der Waals surface area contributed by atoms with Crippen molar-refractivity contribution in [2.45, 2.75) is 32.7 Å². The average molecular weight is 548 g/mol. The lowest BCUT2D eigenvalue weighted by atomic mass is 10.0. The smallest absolute Gasteiger partial charge is 0.182 e. The van der Waals surface area contributed by atoms with Crippen LogP contribution in [-0.4, -0.2) is 82.1 Å². The van der Waals surface area contributed by atoms with Crippen molar-refractivity contribution < 1.29 is 13.2 Å². The second-order valence-electron chi connectivity index (χ2n) is 10.8. The Hall–Kier alpha value is -3.63. The van der Waals surface area contributed by atoms with Crippen LogP contribution in [-0.2, 0) is 0 Å². The molecule has 7 nitrogen and oxygen atoms in total. The van der Waals surface area contributed by atoms with E-state index in [1.165, 1.54) is 37.1 Å². The quantitative estimate of drug-likeness (QED) is 0.356. The van der Waals surface area contributed by atoms with Crippen LogP contribution in [0.15, 0.2) is 36.4 Å².